The van der Waals surface area contributed by atoms with Crippen molar-refractivity contribution in [3.63, 3.8) is 0 Å². The number of hydrogen-bond acceptors (Lipinski definition) is 13. The maximum atomic E-state index is 12.8. The van der Waals surface area contributed by atoms with Gasteiger partial charge in [0.15, 0.2) is 12.6 Å². The fourth-order valence-corrected chi connectivity index (χ4v) is 11.9. The highest BCUT2D eigenvalue weighted by atomic mass is 16.7. The first-order valence-corrected chi connectivity index (χ1v) is 19.1. The van der Waals surface area contributed by atoms with E-state index < -0.39 is 78.3 Å². The summed E-state index contributed by atoms with van der Waals surface area (Å²) in [6.45, 7) is 10.4. The van der Waals surface area contributed by atoms with Gasteiger partial charge in [-0.1, -0.05) is 34.6 Å². The Labute approximate surface area is 295 Å². The third kappa shape index (κ3) is 6.73. The first-order valence-electron chi connectivity index (χ1n) is 19.1. The second-order valence-electron chi connectivity index (χ2n) is 17.9. The second kappa shape index (κ2) is 14.6. The Kier molecular flexibility index (Phi) is 11.5. The van der Waals surface area contributed by atoms with Crippen molar-refractivity contribution in [3.8, 4) is 0 Å². The lowest BCUT2D eigenvalue weighted by molar-refractivity contribution is -0.300. The summed E-state index contributed by atoms with van der Waals surface area (Å²) in [5, 5.41) is 97.1. The van der Waals surface area contributed by atoms with Crippen LogP contribution in [0, 0.1) is 46.3 Å². The van der Waals surface area contributed by atoms with Gasteiger partial charge in [0.05, 0.1) is 43.2 Å². The third-order valence-electron chi connectivity index (χ3n) is 14.6. The normalized spacial score (nSPS) is 53.7. The molecule has 13 heteroatoms. The van der Waals surface area contributed by atoms with Crippen molar-refractivity contribution in [1.82, 2.24) is 0 Å². The van der Waals surface area contributed by atoms with Crippen LogP contribution >= 0.6 is 0 Å². The minimum atomic E-state index is -1.38. The molecule has 0 aromatic rings. The smallest absolute Gasteiger partial charge is 0.186 e. The summed E-state index contributed by atoms with van der Waals surface area (Å²) < 4.78 is 23.3. The topological polar surface area (TPSA) is 219 Å². The van der Waals surface area contributed by atoms with Crippen LogP contribution < -0.4 is 0 Å². The highest BCUT2D eigenvalue weighted by Gasteiger charge is 2.71. The molecular weight excluding hydrogens is 652 g/mol. The van der Waals surface area contributed by atoms with Crippen LogP contribution in [-0.2, 0) is 18.9 Å². The van der Waals surface area contributed by atoms with E-state index in [4.69, 9.17) is 18.9 Å². The molecule has 13 nitrogen and oxygen atoms in total. The van der Waals surface area contributed by atoms with Gasteiger partial charge in [-0.2, -0.15) is 0 Å². The van der Waals surface area contributed by atoms with Gasteiger partial charge < -0.3 is 64.9 Å². The van der Waals surface area contributed by atoms with Crippen LogP contribution in [0.4, 0.5) is 0 Å². The molecule has 2 heterocycles. The van der Waals surface area contributed by atoms with Crippen molar-refractivity contribution in [3.05, 3.63) is 0 Å². The zero-order valence-electron chi connectivity index (χ0n) is 30.3. The van der Waals surface area contributed by atoms with Crippen LogP contribution in [0.3, 0.4) is 0 Å². The zero-order chi connectivity index (χ0) is 36.5. The van der Waals surface area contributed by atoms with Crippen molar-refractivity contribution in [2.45, 2.75) is 172 Å². The van der Waals surface area contributed by atoms with Crippen LogP contribution in [-0.4, -0.2) is 138 Å². The quantitative estimate of drug-likeness (QED) is 0.148. The van der Waals surface area contributed by atoms with E-state index in [2.05, 4.69) is 20.8 Å². The van der Waals surface area contributed by atoms with Crippen LogP contribution in [0.1, 0.15) is 92.4 Å². The molecule has 50 heavy (non-hydrogen) atoms. The molecule has 0 spiro atoms. The van der Waals surface area contributed by atoms with Crippen molar-refractivity contribution in [2.24, 2.45) is 46.3 Å². The van der Waals surface area contributed by atoms with Crippen molar-refractivity contribution in [1.29, 1.82) is 0 Å². The summed E-state index contributed by atoms with van der Waals surface area (Å²) in [5.41, 5.74) is -1.98. The van der Waals surface area contributed by atoms with Gasteiger partial charge in [-0.25, -0.2) is 0 Å². The van der Waals surface area contributed by atoms with E-state index in [1.807, 2.05) is 13.8 Å². The van der Waals surface area contributed by atoms with Crippen molar-refractivity contribution >= 4 is 0 Å². The van der Waals surface area contributed by atoms with E-state index in [9.17, 15) is 46.0 Å². The number of aliphatic hydroxyl groups is 9. The molecule has 9 N–H and O–H groups in total. The molecule has 1 unspecified atom stereocenters. The lowest BCUT2D eigenvalue weighted by Crippen LogP contribution is -2.68. The number of ether oxygens (including phenoxy) is 4. The van der Waals surface area contributed by atoms with Crippen LogP contribution in [0.15, 0.2) is 0 Å². The van der Waals surface area contributed by atoms with E-state index in [1.165, 1.54) is 0 Å². The SMILES string of the molecule is CC(C)C(CC[C@@H](C)[C@H]1C[C@@H](O)[C@@H]2[C@]1(C)CC[C@@H]1[C@@]3(C)CC[C@H](O[C@@H]4OC[C@@H](O)[C@H](O)[C@H]4O)C[C@@H]3[C@@H](O)C[C@]12O)O[C@@H]1OC[C@@H](O)[C@H](O)[C@H]1O. The summed E-state index contributed by atoms with van der Waals surface area (Å²) in [4.78, 5) is 0. The van der Waals surface area contributed by atoms with E-state index in [1.54, 1.807) is 0 Å². The Morgan fingerprint density at radius 2 is 1.30 bits per heavy atom. The van der Waals surface area contributed by atoms with E-state index >= 15 is 0 Å². The minimum absolute atomic E-state index is 0.105. The largest absolute Gasteiger partial charge is 0.393 e. The van der Waals surface area contributed by atoms with Gasteiger partial charge in [-0.3, -0.25) is 0 Å². The second-order valence-corrected chi connectivity index (χ2v) is 17.9. The Balaban J connectivity index is 1.12. The van der Waals surface area contributed by atoms with Gasteiger partial charge in [-0.05, 0) is 91.8 Å². The molecule has 0 aromatic carbocycles. The maximum Gasteiger partial charge on any atom is 0.186 e. The summed E-state index contributed by atoms with van der Waals surface area (Å²) in [5.74, 6) is -0.240. The summed E-state index contributed by atoms with van der Waals surface area (Å²) in [7, 11) is 0. The average Bonchev–Trinajstić information content (AvgIpc) is 3.34. The summed E-state index contributed by atoms with van der Waals surface area (Å²) in [6, 6.07) is 0. The lowest BCUT2D eigenvalue weighted by atomic mass is 9.42. The predicted octanol–water partition coefficient (Wildman–Crippen LogP) is 0.423. The van der Waals surface area contributed by atoms with Crippen LogP contribution in [0.5, 0.6) is 0 Å². The summed E-state index contributed by atoms with van der Waals surface area (Å²) in [6.07, 6.45) is -6.33. The molecule has 20 atom stereocenters. The predicted molar refractivity (Wildman–Crippen MR) is 178 cm³/mol. The van der Waals surface area contributed by atoms with Crippen molar-refractivity contribution in [2.75, 3.05) is 13.2 Å². The lowest BCUT2D eigenvalue weighted by Gasteiger charge is -2.66. The standard InChI is InChI=1S/C37H64O13/c1-17(2)26(50-34-31(45)29(43)25(41)16-48-34)7-6-18(3)20-13-22(38)32-36(20,5)11-9-27-35(4)10-8-19(12-21(35)23(39)14-37(27,32)46)49-33-30(44)28(42)24(40)15-47-33/h17-34,38-46H,6-16H2,1-5H3/t18-,19+,20-,21-,22-,23+,24-,25-,26?,27-,28+,29+,30-,31-,32-,33+,34+,35+,36-,37+/m1/s1. The molecule has 0 aromatic heterocycles. The minimum Gasteiger partial charge on any atom is -0.393 e. The van der Waals surface area contributed by atoms with Gasteiger partial charge >= 0.3 is 0 Å². The van der Waals surface area contributed by atoms with Crippen molar-refractivity contribution < 1.29 is 64.9 Å². The number of fused-ring (bicyclic) bond motifs is 5. The Morgan fingerprint density at radius 1 is 0.700 bits per heavy atom. The van der Waals surface area contributed by atoms with Crippen LogP contribution in [0.25, 0.3) is 0 Å². The molecule has 4 saturated carbocycles. The fraction of sp³-hybridized carbons (Fsp3) is 1.00. The number of aliphatic hydroxyl groups excluding tert-OH is 8. The fourth-order valence-electron chi connectivity index (χ4n) is 11.9. The van der Waals surface area contributed by atoms with E-state index in [-0.39, 0.29) is 66.8 Å². The monoisotopic (exact) mass is 716 g/mol. The average molecular weight is 717 g/mol. The first kappa shape index (κ1) is 39.2. The molecular formula is C37H64O13. The first-order chi connectivity index (χ1) is 23.4. The third-order valence-corrected chi connectivity index (χ3v) is 14.6. The highest BCUT2D eigenvalue weighted by Crippen LogP contribution is 2.70. The molecule has 2 aliphatic heterocycles. The Hall–Kier alpha value is -0.520. The van der Waals surface area contributed by atoms with Gasteiger partial charge in [0.25, 0.3) is 0 Å². The Morgan fingerprint density at radius 3 is 1.94 bits per heavy atom. The molecule has 2 saturated heterocycles. The van der Waals surface area contributed by atoms with Gasteiger partial charge in [0.1, 0.15) is 36.6 Å². The molecule has 6 rings (SSSR count). The molecule has 0 amide bonds. The van der Waals surface area contributed by atoms with E-state index in [0.29, 0.717) is 32.1 Å². The molecule has 6 fully saturated rings. The number of hydrogen-bond donors (Lipinski definition) is 9. The highest BCUT2D eigenvalue weighted by molar-refractivity contribution is 5.20. The number of rotatable bonds is 9. The molecule has 4 aliphatic carbocycles. The maximum absolute atomic E-state index is 12.8. The van der Waals surface area contributed by atoms with Crippen LogP contribution in [0.2, 0.25) is 0 Å². The molecule has 290 valence electrons. The zero-order valence-corrected chi connectivity index (χ0v) is 30.3. The van der Waals surface area contributed by atoms with Gasteiger partial charge in [0, 0.05) is 12.3 Å². The van der Waals surface area contributed by atoms with E-state index in [0.717, 1.165) is 19.3 Å². The molecule has 0 radical (unpaired) electrons. The molecule has 0 bridgehead atoms. The summed E-state index contributed by atoms with van der Waals surface area (Å²) >= 11 is 0. The Bertz CT molecular complexity index is 1160. The van der Waals surface area contributed by atoms with Gasteiger partial charge in [-0.15, -0.1) is 0 Å². The van der Waals surface area contributed by atoms with Gasteiger partial charge in [0.2, 0.25) is 0 Å². The molecule has 6 aliphatic rings.